The molecule has 0 radical (unpaired) electrons. The molecule has 0 saturated carbocycles. The molecule has 0 aliphatic heterocycles. The summed E-state index contributed by atoms with van der Waals surface area (Å²) in [6.45, 7) is 6.21. The Bertz CT molecular complexity index is 890. The number of hydrogen-bond acceptors (Lipinski definition) is 4. The Morgan fingerprint density at radius 3 is 2.42 bits per heavy atom. The lowest BCUT2D eigenvalue weighted by Gasteiger charge is -2.18. The van der Waals surface area contributed by atoms with Crippen LogP contribution in [0.25, 0.3) is 0 Å². The van der Waals surface area contributed by atoms with Gasteiger partial charge < -0.3 is 10.1 Å². The summed E-state index contributed by atoms with van der Waals surface area (Å²) in [5.74, 6) is 0.140. The first-order chi connectivity index (χ1) is 12.3. The number of carbonyl (C=O) groups is 1. The van der Waals surface area contributed by atoms with Crippen molar-refractivity contribution in [2.75, 3.05) is 25.5 Å². The molecule has 0 heterocycles. The molecule has 0 unspecified atom stereocenters. The summed E-state index contributed by atoms with van der Waals surface area (Å²) >= 11 is 0. The second kappa shape index (κ2) is 8.33. The van der Waals surface area contributed by atoms with Crippen molar-refractivity contribution in [1.82, 2.24) is 4.31 Å². The third-order valence-electron chi connectivity index (χ3n) is 4.04. The Hall–Kier alpha value is -2.38. The van der Waals surface area contributed by atoms with E-state index in [-0.39, 0.29) is 10.5 Å². The highest BCUT2D eigenvalue weighted by Gasteiger charge is 2.22. The SMILES string of the molecule is CCN(CC)S(=O)(=O)c1cccc(C(=O)Nc2cc(C)ccc2OC)c1. The first-order valence-electron chi connectivity index (χ1n) is 8.39. The second-order valence-corrected chi connectivity index (χ2v) is 7.71. The van der Waals surface area contributed by atoms with E-state index in [9.17, 15) is 13.2 Å². The van der Waals surface area contributed by atoms with Gasteiger partial charge in [-0.2, -0.15) is 4.31 Å². The van der Waals surface area contributed by atoms with Crippen molar-refractivity contribution >= 4 is 21.6 Å². The van der Waals surface area contributed by atoms with Crippen molar-refractivity contribution in [3.05, 3.63) is 53.6 Å². The lowest BCUT2D eigenvalue weighted by atomic mass is 10.1. The molecule has 1 amide bonds. The third-order valence-corrected chi connectivity index (χ3v) is 6.09. The van der Waals surface area contributed by atoms with Gasteiger partial charge in [0.1, 0.15) is 5.75 Å². The Morgan fingerprint density at radius 1 is 1.12 bits per heavy atom. The highest BCUT2D eigenvalue weighted by molar-refractivity contribution is 7.89. The summed E-state index contributed by atoms with van der Waals surface area (Å²) in [5.41, 5.74) is 1.77. The maximum Gasteiger partial charge on any atom is 0.255 e. The number of rotatable bonds is 7. The molecule has 0 saturated heterocycles. The quantitative estimate of drug-likeness (QED) is 0.805. The molecule has 2 aromatic rings. The van der Waals surface area contributed by atoms with Crippen molar-refractivity contribution in [1.29, 1.82) is 0 Å². The van der Waals surface area contributed by atoms with Crippen LogP contribution in [0.1, 0.15) is 29.8 Å². The lowest BCUT2D eigenvalue weighted by Crippen LogP contribution is -2.30. The Balaban J connectivity index is 2.33. The van der Waals surface area contributed by atoms with Crippen LogP contribution in [-0.4, -0.2) is 38.8 Å². The molecule has 26 heavy (non-hydrogen) atoms. The first-order valence-corrected chi connectivity index (χ1v) is 9.83. The maximum atomic E-state index is 12.6. The summed E-state index contributed by atoms with van der Waals surface area (Å²) in [6, 6.07) is 11.5. The number of amides is 1. The van der Waals surface area contributed by atoms with Crippen LogP contribution in [0.15, 0.2) is 47.4 Å². The number of nitrogens with zero attached hydrogens (tertiary/aromatic N) is 1. The minimum Gasteiger partial charge on any atom is -0.495 e. The number of carbonyl (C=O) groups excluding carboxylic acids is 1. The standard InChI is InChI=1S/C19H24N2O4S/c1-5-21(6-2)26(23,24)16-9-7-8-15(13-16)19(22)20-17-12-14(3)10-11-18(17)25-4/h7-13H,5-6H2,1-4H3,(H,20,22). The van der Waals surface area contributed by atoms with Gasteiger partial charge in [0.2, 0.25) is 10.0 Å². The van der Waals surface area contributed by atoms with Crippen molar-refractivity contribution in [2.24, 2.45) is 0 Å². The zero-order valence-corrected chi connectivity index (χ0v) is 16.3. The fourth-order valence-electron chi connectivity index (χ4n) is 2.62. The monoisotopic (exact) mass is 376 g/mol. The van der Waals surface area contributed by atoms with Gasteiger partial charge in [-0.05, 0) is 42.8 Å². The second-order valence-electron chi connectivity index (χ2n) is 5.78. The highest BCUT2D eigenvalue weighted by atomic mass is 32.2. The van der Waals surface area contributed by atoms with Crippen LogP contribution in [0.4, 0.5) is 5.69 Å². The van der Waals surface area contributed by atoms with Gasteiger partial charge in [-0.15, -0.1) is 0 Å². The molecule has 2 rings (SSSR count). The minimum absolute atomic E-state index is 0.102. The number of sulfonamides is 1. The van der Waals surface area contributed by atoms with Crippen LogP contribution in [-0.2, 0) is 10.0 Å². The van der Waals surface area contributed by atoms with Crippen LogP contribution in [0.3, 0.4) is 0 Å². The zero-order chi connectivity index (χ0) is 19.3. The molecule has 0 aromatic heterocycles. The van der Waals surface area contributed by atoms with Crippen molar-refractivity contribution in [3.8, 4) is 5.75 Å². The van der Waals surface area contributed by atoms with E-state index in [0.29, 0.717) is 24.5 Å². The molecule has 0 spiro atoms. The van der Waals surface area contributed by atoms with Gasteiger partial charge in [0.05, 0.1) is 17.7 Å². The smallest absolute Gasteiger partial charge is 0.255 e. The van der Waals surface area contributed by atoms with Crippen LogP contribution in [0.2, 0.25) is 0 Å². The van der Waals surface area contributed by atoms with E-state index in [1.165, 1.54) is 23.5 Å². The zero-order valence-electron chi connectivity index (χ0n) is 15.4. The first kappa shape index (κ1) is 19.9. The molecular weight excluding hydrogens is 352 g/mol. The molecule has 140 valence electrons. The third kappa shape index (κ3) is 4.23. The lowest BCUT2D eigenvalue weighted by molar-refractivity contribution is 0.102. The number of aryl methyl sites for hydroxylation is 1. The van der Waals surface area contributed by atoms with Gasteiger partial charge >= 0.3 is 0 Å². The van der Waals surface area contributed by atoms with E-state index in [1.807, 2.05) is 13.0 Å². The summed E-state index contributed by atoms with van der Waals surface area (Å²) < 4.78 is 31.9. The Labute approximate surface area is 154 Å². The van der Waals surface area contributed by atoms with E-state index < -0.39 is 15.9 Å². The Kier molecular flexibility index (Phi) is 6.39. The number of nitrogens with one attached hydrogen (secondary N) is 1. The summed E-state index contributed by atoms with van der Waals surface area (Å²) in [6.07, 6.45) is 0. The van der Waals surface area contributed by atoms with Gasteiger partial charge in [0.25, 0.3) is 5.91 Å². The summed E-state index contributed by atoms with van der Waals surface area (Å²) in [4.78, 5) is 12.7. The van der Waals surface area contributed by atoms with Crippen LogP contribution in [0.5, 0.6) is 5.75 Å². The fourth-order valence-corrected chi connectivity index (χ4v) is 4.13. The molecule has 1 N–H and O–H groups in total. The van der Waals surface area contributed by atoms with Gasteiger partial charge in [-0.1, -0.05) is 26.0 Å². The van der Waals surface area contributed by atoms with E-state index in [1.54, 1.807) is 38.1 Å². The van der Waals surface area contributed by atoms with Gasteiger partial charge in [-0.25, -0.2) is 8.42 Å². The number of ether oxygens (including phenoxy) is 1. The molecule has 0 aliphatic carbocycles. The largest absolute Gasteiger partial charge is 0.495 e. The maximum absolute atomic E-state index is 12.6. The average molecular weight is 376 g/mol. The predicted molar refractivity (Wildman–Crippen MR) is 102 cm³/mol. The van der Waals surface area contributed by atoms with Crippen molar-refractivity contribution < 1.29 is 17.9 Å². The van der Waals surface area contributed by atoms with Gasteiger partial charge in [0, 0.05) is 18.7 Å². The average Bonchev–Trinajstić information content (AvgIpc) is 2.63. The normalized spacial score (nSPS) is 11.4. The summed E-state index contributed by atoms with van der Waals surface area (Å²) in [5, 5.41) is 2.78. The molecular formula is C19H24N2O4S. The van der Waals surface area contributed by atoms with Gasteiger partial charge in [0.15, 0.2) is 0 Å². The number of methoxy groups -OCH3 is 1. The van der Waals surface area contributed by atoms with Crippen LogP contribution in [0, 0.1) is 6.92 Å². The number of benzene rings is 2. The molecule has 7 heteroatoms. The van der Waals surface area contributed by atoms with Crippen LogP contribution >= 0.6 is 0 Å². The summed E-state index contributed by atoms with van der Waals surface area (Å²) in [7, 11) is -2.10. The molecule has 0 aliphatic rings. The molecule has 2 aromatic carbocycles. The van der Waals surface area contributed by atoms with E-state index in [4.69, 9.17) is 4.74 Å². The van der Waals surface area contributed by atoms with E-state index >= 15 is 0 Å². The van der Waals surface area contributed by atoms with Crippen molar-refractivity contribution in [3.63, 3.8) is 0 Å². The highest BCUT2D eigenvalue weighted by Crippen LogP contribution is 2.26. The number of anilines is 1. The van der Waals surface area contributed by atoms with Crippen molar-refractivity contribution in [2.45, 2.75) is 25.7 Å². The minimum atomic E-state index is -3.62. The molecule has 0 fully saturated rings. The molecule has 0 bridgehead atoms. The topological polar surface area (TPSA) is 75.7 Å². The number of hydrogen-bond donors (Lipinski definition) is 1. The Morgan fingerprint density at radius 2 is 1.81 bits per heavy atom. The van der Waals surface area contributed by atoms with E-state index in [2.05, 4.69) is 5.32 Å². The van der Waals surface area contributed by atoms with Crippen LogP contribution < -0.4 is 10.1 Å². The molecule has 6 nitrogen and oxygen atoms in total. The fraction of sp³-hybridized carbons (Fsp3) is 0.316. The van der Waals surface area contributed by atoms with E-state index in [0.717, 1.165) is 5.56 Å². The molecule has 0 atom stereocenters. The van der Waals surface area contributed by atoms with Gasteiger partial charge in [-0.3, -0.25) is 4.79 Å². The predicted octanol–water partition coefficient (Wildman–Crippen LogP) is 3.29.